The van der Waals surface area contributed by atoms with E-state index in [0.29, 0.717) is 12.3 Å². The first-order valence-corrected chi connectivity index (χ1v) is 6.20. The van der Waals surface area contributed by atoms with Gasteiger partial charge in [0.25, 0.3) is 0 Å². The van der Waals surface area contributed by atoms with E-state index >= 15 is 0 Å². The molecule has 0 aliphatic carbocycles. The van der Waals surface area contributed by atoms with Crippen molar-refractivity contribution in [3.05, 3.63) is 58.5 Å². The van der Waals surface area contributed by atoms with Gasteiger partial charge in [0, 0.05) is 12.5 Å². The van der Waals surface area contributed by atoms with Gasteiger partial charge in [-0.3, -0.25) is 0 Å². The molecular formula is C14H16ClNO2. The Morgan fingerprint density at radius 2 is 2.00 bits per heavy atom. The molecule has 4 heteroatoms. The van der Waals surface area contributed by atoms with Crippen LogP contribution in [0.3, 0.4) is 0 Å². The fourth-order valence-corrected chi connectivity index (χ4v) is 2.27. The number of hydrogen-bond donors (Lipinski definition) is 2. The molecule has 0 bridgehead atoms. The molecule has 3 nitrogen and oxygen atoms in total. The Hall–Kier alpha value is -1.29. The maximum atomic E-state index is 10.3. The third kappa shape index (κ3) is 2.58. The van der Waals surface area contributed by atoms with Crippen molar-refractivity contribution in [1.29, 1.82) is 0 Å². The summed E-state index contributed by atoms with van der Waals surface area (Å²) in [5, 5.41) is 10.6. The van der Waals surface area contributed by atoms with Gasteiger partial charge in [0.2, 0.25) is 0 Å². The van der Waals surface area contributed by atoms with Crippen LogP contribution in [0.4, 0.5) is 0 Å². The summed E-state index contributed by atoms with van der Waals surface area (Å²) in [7, 11) is 0. The number of rotatable bonds is 4. The Labute approximate surface area is 111 Å². The van der Waals surface area contributed by atoms with Gasteiger partial charge in [0.15, 0.2) is 5.22 Å². The zero-order chi connectivity index (χ0) is 13.1. The number of hydrogen-bond acceptors (Lipinski definition) is 3. The summed E-state index contributed by atoms with van der Waals surface area (Å²) in [6.07, 6.45) is -0.788. The molecule has 0 saturated heterocycles. The van der Waals surface area contributed by atoms with Crippen molar-refractivity contribution < 1.29 is 9.52 Å². The molecule has 0 aliphatic rings. The quantitative estimate of drug-likeness (QED) is 0.893. The third-order valence-electron chi connectivity index (χ3n) is 3.11. The molecule has 96 valence electrons. The highest BCUT2D eigenvalue weighted by molar-refractivity contribution is 6.28. The minimum atomic E-state index is -0.788. The van der Waals surface area contributed by atoms with E-state index in [1.165, 1.54) is 0 Å². The van der Waals surface area contributed by atoms with Crippen LogP contribution in [-0.2, 0) is 0 Å². The van der Waals surface area contributed by atoms with Gasteiger partial charge in [0.05, 0.1) is 0 Å². The third-order valence-corrected chi connectivity index (χ3v) is 3.31. The predicted octanol–water partition coefficient (Wildman–Crippen LogP) is 3.02. The fraction of sp³-hybridized carbons (Fsp3) is 0.286. The van der Waals surface area contributed by atoms with Gasteiger partial charge in [-0.1, -0.05) is 24.3 Å². The monoisotopic (exact) mass is 265 g/mol. The highest BCUT2D eigenvalue weighted by atomic mass is 35.5. The van der Waals surface area contributed by atoms with Crippen molar-refractivity contribution in [2.45, 2.75) is 18.9 Å². The largest absolute Gasteiger partial charge is 0.447 e. The van der Waals surface area contributed by atoms with Crippen LogP contribution >= 0.6 is 11.6 Å². The number of aryl methyl sites for hydroxylation is 1. The van der Waals surface area contributed by atoms with Gasteiger partial charge in [0.1, 0.15) is 11.9 Å². The minimum Gasteiger partial charge on any atom is -0.447 e. The summed E-state index contributed by atoms with van der Waals surface area (Å²) >= 11 is 5.72. The first-order chi connectivity index (χ1) is 8.63. The zero-order valence-corrected chi connectivity index (χ0v) is 10.9. The lowest BCUT2D eigenvalue weighted by Gasteiger charge is -2.21. The highest BCUT2D eigenvalue weighted by Gasteiger charge is 2.25. The number of halogens is 1. The predicted molar refractivity (Wildman–Crippen MR) is 71.7 cm³/mol. The summed E-state index contributed by atoms with van der Waals surface area (Å²) in [6.45, 7) is 2.34. The van der Waals surface area contributed by atoms with E-state index in [9.17, 15) is 5.11 Å². The molecule has 0 amide bonds. The summed E-state index contributed by atoms with van der Waals surface area (Å²) in [5.74, 6) is 0.243. The van der Waals surface area contributed by atoms with Crippen molar-refractivity contribution in [2.24, 2.45) is 5.73 Å². The molecule has 3 N–H and O–H groups in total. The summed E-state index contributed by atoms with van der Waals surface area (Å²) < 4.78 is 5.25. The van der Waals surface area contributed by atoms with Crippen LogP contribution in [0.1, 0.15) is 28.9 Å². The molecule has 1 aromatic carbocycles. The molecule has 0 spiro atoms. The molecule has 18 heavy (non-hydrogen) atoms. The lowest BCUT2D eigenvalue weighted by Crippen LogP contribution is -2.20. The van der Waals surface area contributed by atoms with Gasteiger partial charge in [-0.05, 0) is 41.8 Å². The van der Waals surface area contributed by atoms with E-state index in [1.807, 2.05) is 31.2 Å². The molecular weight excluding hydrogens is 250 g/mol. The summed E-state index contributed by atoms with van der Waals surface area (Å²) in [6, 6.07) is 11.2. The van der Waals surface area contributed by atoms with E-state index in [4.69, 9.17) is 21.8 Å². The summed E-state index contributed by atoms with van der Waals surface area (Å²) in [4.78, 5) is 0. The molecule has 2 rings (SSSR count). The molecule has 2 atom stereocenters. The van der Waals surface area contributed by atoms with Gasteiger partial charge < -0.3 is 15.3 Å². The Balaban J connectivity index is 2.32. The van der Waals surface area contributed by atoms with Gasteiger partial charge in [-0.2, -0.15) is 0 Å². The Morgan fingerprint density at radius 1 is 1.28 bits per heavy atom. The van der Waals surface area contributed by atoms with Gasteiger partial charge in [-0.25, -0.2) is 0 Å². The van der Waals surface area contributed by atoms with Crippen LogP contribution in [-0.4, -0.2) is 11.7 Å². The molecule has 0 saturated carbocycles. The lowest BCUT2D eigenvalue weighted by atomic mass is 9.89. The SMILES string of the molecule is Cc1ccccc1C(CN)C(O)c1ccc(Cl)o1. The second-order valence-corrected chi connectivity index (χ2v) is 4.66. The normalized spacial score (nSPS) is 14.4. The van der Waals surface area contributed by atoms with Crippen molar-refractivity contribution >= 4 is 11.6 Å². The molecule has 0 aliphatic heterocycles. The molecule has 1 heterocycles. The van der Waals surface area contributed by atoms with Crippen molar-refractivity contribution in [1.82, 2.24) is 0 Å². The Morgan fingerprint density at radius 3 is 2.56 bits per heavy atom. The molecule has 2 unspecified atom stereocenters. The Bertz CT molecular complexity index is 524. The van der Waals surface area contributed by atoms with Crippen molar-refractivity contribution in [3.8, 4) is 0 Å². The van der Waals surface area contributed by atoms with Crippen LogP contribution in [0.15, 0.2) is 40.8 Å². The first-order valence-electron chi connectivity index (χ1n) is 5.82. The highest BCUT2D eigenvalue weighted by Crippen LogP contribution is 2.33. The smallest absolute Gasteiger partial charge is 0.193 e. The van der Waals surface area contributed by atoms with Gasteiger partial charge >= 0.3 is 0 Å². The number of benzene rings is 1. The standard InChI is InChI=1S/C14H16ClNO2/c1-9-4-2-3-5-10(9)11(8-16)14(17)12-6-7-13(15)18-12/h2-7,11,14,17H,8,16H2,1H3. The van der Waals surface area contributed by atoms with Crippen LogP contribution in [0.2, 0.25) is 5.22 Å². The van der Waals surface area contributed by atoms with E-state index in [0.717, 1.165) is 11.1 Å². The van der Waals surface area contributed by atoms with Crippen LogP contribution in [0.25, 0.3) is 0 Å². The van der Waals surface area contributed by atoms with Crippen molar-refractivity contribution in [2.75, 3.05) is 6.54 Å². The minimum absolute atomic E-state index is 0.201. The zero-order valence-electron chi connectivity index (χ0n) is 10.1. The number of nitrogens with two attached hydrogens (primary N) is 1. The number of furan rings is 1. The average molecular weight is 266 g/mol. The average Bonchev–Trinajstić information content (AvgIpc) is 2.79. The number of aliphatic hydroxyl groups is 1. The topological polar surface area (TPSA) is 59.4 Å². The lowest BCUT2D eigenvalue weighted by molar-refractivity contribution is 0.122. The van der Waals surface area contributed by atoms with Crippen molar-refractivity contribution in [3.63, 3.8) is 0 Å². The maximum absolute atomic E-state index is 10.3. The van der Waals surface area contributed by atoms with E-state index in [-0.39, 0.29) is 11.1 Å². The Kier molecular flexibility index (Phi) is 4.07. The van der Waals surface area contributed by atoms with E-state index in [2.05, 4.69) is 0 Å². The molecule has 1 aromatic heterocycles. The molecule has 0 radical (unpaired) electrons. The second-order valence-electron chi connectivity index (χ2n) is 4.29. The van der Waals surface area contributed by atoms with Crippen LogP contribution < -0.4 is 5.73 Å². The first kappa shape index (κ1) is 13.1. The maximum Gasteiger partial charge on any atom is 0.193 e. The van der Waals surface area contributed by atoms with Crippen LogP contribution in [0, 0.1) is 6.92 Å². The van der Waals surface area contributed by atoms with Gasteiger partial charge in [-0.15, -0.1) is 0 Å². The molecule has 2 aromatic rings. The fourth-order valence-electron chi connectivity index (χ4n) is 2.11. The van der Waals surface area contributed by atoms with E-state index < -0.39 is 6.10 Å². The van der Waals surface area contributed by atoms with Crippen LogP contribution in [0.5, 0.6) is 0 Å². The number of aliphatic hydroxyl groups excluding tert-OH is 1. The second kappa shape index (κ2) is 5.57. The van der Waals surface area contributed by atoms with E-state index in [1.54, 1.807) is 12.1 Å². The summed E-state index contributed by atoms with van der Waals surface area (Å²) in [5.41, 5.74) is 7.91. The molecule has 0 fully saturated rings.